The highest BCUT2D eigenvalue weighted by molar-refractivity contribution is 9.10. The van der Waals surface area contributed by atoms with Crippen molar-refractivity contribution in [2.24, 2.45) is 0 Å². The summed E-state index contributed by atoms with van der Waals surface area (Å²) in [5.41, 5.74) is 4.32. The van der Waals surface area contributed by atoms with Crippen LogP contribution in [0.5, 0.6) is 5.75 Å². The van der Waals surface area contributed by atoms with E-state index >= 15 is 0 Å². The van der Waals surface area contributed by atoms with Crippen LogP contribution >= 0.6 is 15.9 Å². The van der Waals surface area contributed by atoms with Crippen molar-refractivity contribution >= 4 is 38.6 Å². The molecule has 1 aliphatic heterocycles. The average Bonchev–Trinajstić information content (AvgIpc) is 3.19. The molecule has 3 aromatic carbocycles. The van der Waals surface area contributed by atoms with Crippen LogP contribution in [0.15, 0.2) is 71.2 Å². The van der Waals surface area contributed by atoms with E-state index in [1.807, 2.05) is 42.5 Å². The van der Waals surface area contributed by atoms with Crippen LogP contribution < -0.4 is 10.1 Å². The number of ether oxygens (including phenoxy) is 1. The highest BCUT2D eigenvalue weighted by Crippen LogP contribution is 2.39. The number of H-pyrrole nitrogens is 1. The number of nitrogens with one attached hydrogen (secondary N) is 2. The van der Waals surface area contributed by atoms with E-state index < -0.39 is 5.82 Å². The smallest absolute Gasteiger partial charge is 0.322 e. The largest absolute Gasteiger partial charge is 0.497 e. The maximum Gasteiger partial charge on any atom is 0.322 e. The number of rotatable bonds is 3. The van der Waals surface area contributed by atoms with E-state index in [1.165, 1.54) is 17.0 Å². The van der Waals surface area contributed by atoms with Crippen molar-refractivity contribution < 1.29 is 13.9 Å². The number of aromatic amines is 1. The van der Waals surface area contributed by atoms with E-state index in [0.717, 1.165) is 22.5 Å². The molecular formula is C25H21BrFN3O2. The molecule has 5 nitrogen and oxygen atoms in total. The number of benzene rings is 3. The van der Waals surface area contributed by atoms with Crippen LogP contribution in [0.2, 0.25) is 0 Å². The molecule has 0 aliphatic carbocycles. The lowest BCUT2D eigenvalue weighted by Gasteiger charge is -2.36. The number of carbonyl (C=O) groups is 1. The summed E-state index contributed by atoms with van der Waals surface area (Å²) in [7, 11) is 1.62. The van der Waals surface area contributed by atoms with Crippen molar-refractivity contribution in [3.05, 3.63) is 93.8 Å². The van der Waals surface area contributed by atoms with Gasteiger partial charge in [-0.3, -0.25) is 0 Å². The number of hydrogen-bond donors (Lipinski definition) is 2. The molecule has 0 radical (unpaired) electrons. The van der Waals surface area contributed by atoms with E-state index in [1.54, 1.807) is 24.1 Å². The lowest BCUT2D eigenvalue weighted by molar-refractivity contribution is 0.193. The maximum absolute atomic E-state index is 14.4. The molecule has 2 N–H and O–H groups in total. The van der Waals surface area contributed by atoms with Crippen LogP contribution in [0.1, 0.15) is 22.9 Å². The van der Waals surface area contributed by atoms with E-state index in [2.05, 4.69) is 32.3 Å². The van der Waals surface area contributed by atoms with Gasteiger partial charge in [-0.15, -0.1) is 0 Å². The number of para-hydroxylation sites is 1. The van der Waals surface area contributed by atoms with Gasteiger partial charge >= 0.3 is 6.03 Å². The quantitative estimate of drug-likeness (QED) is 0.354. The van der Waals surface area contributed by atoms with Crippen LogP contribution in [0.3, 0.4) is 0 Å². The van der Waals surface area contributed by atoms with Gasteiger partial charge in [0.15, 0.2) is 0 Å². The average molecular weight is 494 g/mol. The van der Waals surface area contributed by atoms with Gasteiger partial charge in [0.2, 0.25) is 0 Å². The van der Waals surface area contributed by atoms with Gasteiger partial charge in [0.05, 0.1) is 18.8 Å². The van der Waals surface area contributed by atoms with E-state index in [9.17, 15) is 9.18 Å². The number of nitrogens with zero attached hydrogens (tertiary/aromatic N) is 1. The lowest BCUT2D eigenvalue weighted by atomic mass is 9.92. The van der Waals surface area contributed by atoms with Gasteiger partial charge < -0.3 is 19.9 Å². The highest BCUT2D eigenvalue weighted by atomic mass is 79.9. The molecule has 0 fully saturated rings. The predicted octanol–water partition coefficient (Wildman–Crippen LogP) is 6.26. The third-order valence-corrected chi connectivity index (χ3v) is 6.39. The molecule has 0 bridgehead atoms. The molecule has 0 saturated heterocycles. The van der Waals surface area contributed by atoms with E-state index in [4.69, 9.17) is 4.74 Å². The number of methoxy groups -OCH3 is 1. The molecule has 162 valence electrons. The zero-order chi connectivity index (χ0) is 22.2. The van der Waals surface area contributed by atoms with Gasteiger partial charge in [-0.05, 0) is 53.9 Å². The first-order valence-electron chi connectivity index (χ1n) is 10.3. The zero-order valence-electron chi connectivity index (χ0n) is 17.4. The third kappa shape index (κ3) is 3.62. The SMILES string of the molecule is COc1ccc(C2c3[nH]c4ccccc4c3CCN2C(=O)Nc2ccc(Br)cc2F)cc1. The molecular weight excluding hydrogens is 473 g/mol. The standard InChI is InChI=1S/C25H21BrFN3O2/c1-32-17-9-6-15(7-10-17)24-23-19(18-4-2-3-5-21(18)28-23)12-13-30(24)25(31)29-22-11-8-16(26)14-20(22)27/h2-11,14,24,28H,12-13H2,1H3,(H,29,31). The Kier molecular flexibility index (Phi) is 5.35. The predicted molar refractivity (Wildman–Crippen MR) is 127 cm³/mol. The summed E-state index contributed by atoms with van der Waals surface area (Å²) in [6.07, 6.45) is 0.711. The van der Waals surface area contributed by atoms with Gasteiger partial charge in [-0.1, -0.05) is 46.3 Å². The number of hydrogen-bond acceptors (Lipinski definition) is 2. The fourth-order valence-corrected chi connectivity index (χ4v) is 4.70. The van der Waals surface area contributed by atoms with Crippen molar-refractivity contribution in [1.82, 2.24) is 9.88 Å². The molecule has 7 heteroatoms. The zero-order valence-corrected chi connectivity index (χ0v) is 18.9. The number of anilines is 1. The fraction of sp³-hybridized carbons (Fsp3) is 0.160. The monoisotopic (exact) mass is 493 g/mol. The van der Waals surface area contributed by atoms with Crippen molar-refractivity contribution in [2.75, 3.05) is 19.0 Å². The second-order valence-electron chi connectivity index (χ2n) is 7.74. The Bertz CT molecular complexity index is 1300. The number of aromatic nitrogens is 1. The molecule has 32 heavy (non-hydrogen) atoms. The second kappa shape index (κ2) is 8.31. The minimum Gasteiger partial charge on any atom is -0.497 e. The van der Waals surface area contributed by atoms with Crippen molar-refractivity contribution in [3.63, 3.8) is 0 Å². The minimum atomic E-state index is -0.489. The molecule has 1 aromatic heterocycles. The molecule has 5 rings (SSSR count). The summed E-state index contributed by atoms with van der Waals surface area (Å²) >= 11 is 3.25. The van der Waals surface area contributed by atoms with Crippen LogP contribution in [0.25, 0.3) is 10.9 Å². The second-order valence-corrected chi connectivity index (χ2v) is 8.65. The molecule has 0 spiro atoms. The Labute approximate surface area is 193 Å². The number of urea groups is 1. The number of carbonyl (C=O) groups excluding carboxylic acids is 1. The third-order valence-electron chi connectivity index (χ3n) is 5.90. The van der Waals surface area contributed by atoms with Gasteiger partial charge in [0, 0.05) is 27.6 Å². The first kappa shape index (κ1) is 20.6. The fourth-order valence-electron chi connectivity index (χ4n) is 4.37. The highest BCUT2D eigenvalue weighted by Gasteiger charge is 2.34. The minimum absolute atomic E-state index is 0.147. The number of fused-ring (bicyclic) bond motifs is 3. The van der Waals surface area contributed by atoms with Gasteiger partial charge in [0.1, 0.15) is 11.6 Å². The normalized spacial score (nSPS) is 15.5. The molecule has 2 heterocycles. The van der Waals surface area contributed by atoms with Crippen molar-refractivity contribution in [1.29, 1.82) is 0 Å². The maximum atomic E-state index is 14.4. The Morgan fingerprint density at radius 1 is 1.16 bits per heavy atom. The van der Waals surface area contributed by atoms with E-state index in [0.29, 0.717) is 17.4 Å². The first-order chi connectivity index (χ1) is 15.5. The van der Waals surface area contributed by atoms with Crippen LogP contribution in [0, 0.1) is 5.82 Å². The first-order valence-corrected chi connectivity index (χ1v) is 11.1. The summed E-state index contributed by atoms with van der Waals surface area (Å²) in [5, 5.41) is 3.91. The molecule has 4 aromatic rings. The van der Waals surface area contributed by atoms with Gasteiger partial charge in [0.25, 0.3) is 0 Å². The molecule has 1 aliphatic rings. The molecule has 1 unspecified atom stereocenters. The molecule has 2 amide bonds. The summed E-state index contributed by atoms with van der Waals surface area (Å²) in [6, 6.07) is 19.8. The number of halogens is 2. The summed E-state index contributed by atoms with van der Waals surface area (Å²) in [4.78, 5) is 18.6. The van der Waals surface area contributed by atoms with Crippen LogP contribution in [-0.2, 0) is 6.42 Å². The Morgan fingerprint density at radius 3 is 2.69 bits per heavy atom. The van der Waals surface area contributed by atoms with Gasteiger partial charge in [-0.25, -0.2) is 9.18 Å². The number of amides is 2. The Morgan fingerprint density at radius 2 is 1.94 bits per heavy atom. The summed E-state index contributed by atoms with van der Waals surface area (Å²) < 4.78 is 20.3. The Balaban J connectivity index is 1.56. The van der Waals surface area contributed by atoms with Crippen LogP contribution in [0.4, 0.5) is 14.9 Å². The molecule has 0 saturated carbocycles. The topological polar surface area (TPSA) is 57.4 Å². The van der Waals surface area contributed by atoms with Gasteiger partial charge in [-0.2, -0.15) is 0 Å². The summed E-state index contributed by atoms with van der Waals surface area (Å²) in [5.74, 6) is 0.256. The van der Waals surface area contributed by atoms with E-state index in [-0.39, 0.29) is 17.8 Å². The van der Waals surface area contributed by atoms with Crippen molar-refractivity contribution in [3.8, 4) is 5.75 Å². The Hall–Kier alpha value is -3.32. The molecule has 1 atom stereocenters. The van der Waals surface area contributed by atoms with Crippen molar-refractivity contribution in [2.45, 2.75) is 12.5 Å². The lowest BCUT2D eigenvalue weighted by Crippen LogP contribution is -2.43. The summed E-state index contributed by atoms with van der Waals surface area (Å²) in [6.45, 7) is 0.509. The van der Waals surface area contributed by atoms with Crippen LogP contribution in [-0.4, -0.2) is 29.6 Å².